The minimum Gasteiger partial charge on any atom is -0.322 e. The van der Waals surface area contributed by atoms with Crippen molar-refractivity contribution in [3.8, 4) is 11.1 Å². The Morgan fingerprint density at radius 2 is 1.78 bits per heavy atom. The molecule has 5 rings (SSSR count). The van der Waals surface area contributed by atoms with Crippen LogP contribution in [0.3, 0.4) is 0 Å². The van der Waals surface area contributed by atoms with E-state index in [0.29, 0.717) is 12.2 Å². The van der Waals surface area contributed by atoms with Crippen molar-refractivity contribution in [2.45, 2.75) is 44.3 Å². The van der Waals surface area contributed by atoms with Crippen LogP contribution in [0, 0.1) is 6.92 Å². The third-order valence-electron chi connectivity index (χ3n) is 7.66. The molecule has 1 atom stereocenters. The fraction of sp³-hybridized carbons (Fsp3) is 0.300. The van der Waals surface area contributed by atoms with Crippen molar-refractivity contribution in [3.05, 3.63) is 78.4 Å². The number of fused-ring (bicyclic) bond motifs is 1. The zero-order valence-corrected chi connectivity index (χ0v) is 22.6. The molecule has 0 radical (unpaired) electrons. The topological polar surface area (TPSA) is 64.0 Å². The summed E-state index contributed by atoms with van der Waals surface area (Å²) in [5.41, 5.74) is 5.27. The zero-order chi connectivity index (χ0) is 26.2. The van der Waals surface area contributed by atoms with E-state index in [2.05, 4.69) is 18.3 Å². The van der Waals surface area contributed by atoms with Gasteiger partial charge in [0, 0.05) is 25.5 Å². The molecule has 0 spiro atoms. The number of quaternary nitrogens is 1. The van der Waals surface area contributed by atoms with E-state index in [4.69, 9.17) is 4.98 Å². The molecule has 37 heavy (non-hydrogen) atoms. The number of carbonyl (C=O) groups is 2. The highest BCUT2D eigenvalue weighted by Gasteiger charge is 2.59. The van der Waals surface area contributed by atoms with E-state index in [0.717, 1.165) is 40.2 Å². The summed E-state index contributed by atoms with van der Waals surface area (Å²) in [4.78, 5) is 32.8. The number of amides is 3. The smallest absolute Gasteiger partial charge is 0.322 e. The molecule has 1 aliphatic heterocycles. The first-order valence-electron chi connectivity index (χ1n) is 12.7. The van der Waals surface area contributed by atoms with Crippen LogP contribution in [0.4, 0.5) is 10.5 Å². The lowest BCUT2D eigenvalue weighted by atomic mass is 9.99. The number of carbonyl (C=O) groups excluding carboxylic acids is 2. The fourth-order valence-corrected chi connectivity index (χ4v) is 6.44. The average Bonchev–Trinajstić information content (AvgIpc) is 3.38. The molecule has 7 heteroatoms. The van der Waals surface area contributed by atoms with Crippen LogP contribution in [0.5, 0.6) is 0 Å². The Hall–Kier alpha value is -3.42. The molecule has 2 heterocycles. The number of aryl methyl sites for hydroxylation is 2. The number of urea groups is 1. The molecule has 6 nitrogen and oxygen atoms in total. The lowest BCUT2D eigenvalue weighted by molar-refractivity contribution is -0.808. The average molecular weight is 514 g/mol. The number of thioether (sulfide) groups is 1. The van der Waals surface area contributed by atoms with E-state index < -0.39 is 5.54 Å². The second-order valence-electron chi connectivity index (χ2n) is 10.4. The van der Waals surface area contributed by atoms with Gasteiger partial charge in [-0.15, -0.1) is 0 Å². The predicted octanol–water partition coefficient (Wildman–Crippen LogP) is 6.79. The van der Waals surface area contributed by atoms with E-state index in [1.165, 1.54) is 17.3 Å². The molecule has 0 bridgehead atoms. The van der Waals surface area contributed by atoms with Crippen LogP contribution >= 0.6 is 11.8 Å². The van der Waals surface area contributed by atoms with Gasteiger partial charge in [-0.3, -0.25) is 5.32 Å². The van der Waals surface area contributed by atoms with Gasteiger partial charge < -0.3 is 4.57 Å². The van der Waals surface area contributed by atoms with Crippen LogP contribution in [0.1, 0.15) is 32.3 Å². The number of hydrogen-bond acceptors (Lipinski definition) is 4. The molecular formula is C30H33N4O2S+. The molecular weight excluding hydrogens is 480 g/mol. The van der Waals surface area contributed by atoms with Crippen molar-refractivity contribution in [1.82, 2.24) is 9.55 Å². The van der Waals surface area contributed by atoms with E-state index in [-0.39, 0.29) is 22.2 Å². The van der Waals surface area contributed by atoms with Gasteiger partial charge in [0.05, 0.1) is 23.3 Å². The quantitative estimate of drug-likeness (QED) is 0.236. The Bertz CT molecular complexity index is 1480. The normalized spacial score (nSPS) is 18.7. The van der Waals surface area contributed by atoms with Gasteiger partial charge in [-0.2, -0.15) is 4.48 Å². The Labute approximate surface area is 222 Å². The zero-order valence-electron chi connectivity index (χ0n) is 21.8. The van der Waals surface area contributed by atoms with Crippen molar-refractivity contribution in [2.24, 2.45) is 7.05 Å². The maximum absolute atomic E-state index is 14.0. The highest BCUT2D eigenvalue weighted by atomic mass is 32.2. The van der Waals surface area contributed by atoms with Gasteiger partial charge >= 0.3 is 11.9 Å². The highest BCUT2D eigenvalue weighted by molar-refractivity contribution is 7.99. The number of nitrogens with one attached hydrogen (secondary N) is 1. The number of hydrogen-bond donors (Lipinski definition) is 1. The summed E-state index contributed by atoms with van der Waals surface area (Å²) in [7, 11) is 1.97. The van der Waals surface area contributed by atoms with E-state index >= 15 is 0 Å². The predicted molar refractivity (Wildman–Crippen MR) is 151 cm³/mol. The summed E-state index contributed by atoms with van der Waals surface area (Å²) >= 11 is 1.40. The van der Waals surface area contributed by atoms with Gasteiger partial charge in [-0.05, 0) is 50.1 Å². The van der Waals surface area contributed by atoms with Crippen molar-refractivity contribution >= 4 is 40.4 Å². The molecule has 4 aromatic rings. The minimum absolute atomic E-state index is 0.0922. The summed E-state index contributed by atoms with van der Waals surface area (Å²) in [6.45, 7) is 6.61. The van der Waals surface area contributed by atoms with Crippen LogP contribution in [0.2, 0.25) is 0 Å². The molecule has 1 saturated heterocycles. The maximum atomic E-state index is 14.0. The molecule has 190 valence electrons. The summed E-state index contributed by atoms with van der Waals surface area (Å²) in [5, 5.41) is 3.92. The molecule has 3 aromatic carbocycles. The second kappa shape index (κ2) is 9.80. The van der Waals surface area contributed by atoms with Crippen LogP contribution in [-0.2, 0) is 11.8 Å². The van der Waals surface area contributed by atoms with Crippen molar-refractivity contribution in [1.29, 1.82) is 0 Å². The van der Waals surface area contributed by atoms with Crippen LogP contribution in [0.15, 0.2) is 78.0 Å². The molecule has 1 aliphatic rings. The number of imide groups is 1. The summed E-state index contributed by atoms with van der Waals surface area (Å²) in [6.07, 6.45) is 1.63. The Balaban J connectivity index is 1.43. The lowest BCUT2D eigenvalue weighted by Gasteiger charge is -2.39. The molecule has 1 unspecified atom stereocenters. The second-order valence-corrected chi connectivity index (χ2v) is 11.4. The van der Waals surface area contributed by atoms with Crippen molar-refractivity contribution < 1.29 is 14.1 Å². The number of benzene rings is 3. The molecule has 1 aromatic heterocycles. The summed E-state index contributed by atoms with van der Waals surface area (Å²) in [6, 6.07) is 23.6. The number of imidazole rings is 1. The molecule has 0 aliphatic carbocycles. The molecule has 0 saturated carbocycles. The Morgan fingerprint density at radius 3 is 2.51 bits per heavy atom. The molecule has 1 N–H and O–H groups in total. The van der Waals surface area contributed by atoms with Gasteiger partial charge in [0.15, 0.2) is 5.16 Å². The first kappa shape index (κ1) is 25.2. The van der Waals surface area contributed by atoms with Gasteiger partial charge in [-0.25, -0.2) is 14.6 Å². The number of nitrogens with zero attached hydrogens (tertiary/aromatic N) is 3. The monoisotopic (exact) mass is 513 g/mol. The minimum atomic E-state index is -0.507. The molecule has 1 fully saturated rings. The number of likely N-dealkylation sites (tertiary alicyclic amines) is 1. The Morgan fingerprint density at radius 1 is 1.05 bits per heavy atom. The fourth-order valence-electron chi connectivity index (χ4n) is 5.51. The third-order valence-corrected chi connectivity index (χ3v) is 8.68. The Kier molecular flexibility index (Phi) is 6.68. The largest absolute Gasteiger partial charge is 0.428 e. The number of aromatic nitrogens is 2. The van der Waals surface area contributed by atoms with Crippen LogP contribution in [0.25, 0.3) is 22.2 Å². The SMILES string of the molecule is Cc1ccc2nc(SCC(=O)[N+]3(C(=O)Nc4ccccc4-c4ccccc4)CCCC3(C)C)n(C)c2c1. The first-order chi connectivity index (χ1) is 17.7. The van der Waals surface area contributed by atoms with E-state index in [1.54, 1.807) is 0 Å². The lowest BCUT2D eigenvalue weighted by Crippen LogP contribution is -2.66. The van der Waals surface area contributed by atoms with Gasteiger partial charge in [0.2, 0.25) is 0 Å². The number of anilines is 1. The van der Waals surface area contributed by atoms with Gasteiger partial charge in [0.1, 0.15) is 11.3 Å². The van der Waals surface area contributed by atoms with Crippen molar-refractivity contribution in [2.75, 3.05) is 17.6 Å². The first-order valence-corrected chi connectivity index (χ1v) is 13.6. The third kappa shape index (κ3) is 4.47. The standard InChI is InChI=1S/C30H32N4O2S/c1-21-15-16-25-26(19-21)33(4)28(31-25)37-20-27(35)34(18-10-17-30(34,2)3)29(36)32-24-14-9-8-13-23(24)22-11-6-5-7-12-22/h5-9,11-16,19H,10,17-18,20H2,1-4H3/p+1. The van der Waals surface area contributed by atoms with Crippen LogP contribution < -0.4 is 5.32 Å². The highest BCUT2D eigenvalue weighted by Crippen LogP contribution is 2.40. The van der Waals surface area contributed by atoms with Crippen LogP contribution in [-0.4, -0.2) is 43.8 Å². The van der Waals surface area contributed by atoms with Gasteiger partial charge in [0.25, 0.3) is 0 Å². The van der Waals surface area contributed by atoms with Gasteiger partial charge in [-0.1, -0.05) is 66.4 Å². The van der Waals surface area contributed by atoms with Crippen molar-refractivity contribution in [3.63, 3.8) is 0 Å². The van der Waals surface area contributed by atoms with E-state index in [1.807, 2.05) is 92.2 Å². The number of para-hydroxylation sites is 1. The number of rotatable bonds is 5. The summed E-state index contributed by atoms with van der Waals surface area (Å²) in [5.74, 6) is 0.0817. The van der Waals surface area contributed by atoms with E-state index in [9.17, 15) is 9.59 Å². The summed E-state index contributed by atoms with van der Waals surface area (Å²) < 4.78 is 1.81. The maximum Gasteiger partial charge on any atom is 0.428 e. The molecule has 3 amide bonds.